The molecule has 0 atom stereocenters. The standard InChI is InChI=1S/C20H21N3O3/c1-14(24)15-6-5-7-17(12-15)22-19(25)18-13-16(8-9-21-18)20(26)23-10-3-2-4-11-23/h5-9,12-13H,2-4,10-11H2,1H3,(H,22,25). The van der Waals surface area contributed by atoms with Gasteiger partial charge in [-0.2, -0.15) is 0 Å². The lowest BCUT2D eigenvalue weighted by Crippen LogP contribution is -2.35. The van der Waals surface area contributed by atoms with E-state index in [0.717, 1.165) is 32.4 Å². The van der Waals surface area contributed by atoms with Gasteiger partial charge in [-0.1, -0.05) is 12.1 Å². The minimum atomic E-state index is -0.418. The van der Waals surface area contributed by atoms with E-state index in [-0.39, 0.29) is 17.4 Å². The summed E-state index contributed by atoms with van der Waals surface area (Å²) in [5, 5.41) is 2.72. The number of carbonyl (C=O) groups excluding carboxylic acids is 3. The molecular formula is C20H21N3O3. The normalized spacial score (nSPS) is 14.0. The summed E-state index contributed by atoms with van der Waals surface area (Å²) >= 11 is 0. The molecule has 3 rings (SSSR count). The third-order valence-corrected chi connectivity index (χ3v) is 4.41. The summed E-state index contributed by atoms with van der Waals surface area (Å²) in [6.07, 6.45) is 4.64. The molecule has 2 heterocycles. The van der Waals surface area contributed by atoms with Crippen molar-refractivity contribution in [2.24, 2.45) is 0 Å². The van der Waals surface area contributed by atoms with E-state index in [2.05, 4.69) is 10.3 Å². The largest absolute Gasteiger partial charge is 0.339 e. The first-order chi connectivity index (χ1) is 12.5. The van der Waals surface area contributed by atoms with Crippen LogP contribution in [-0.4, -0.2) is 40.6 Å². The first-order valence-corrected chi connectivity index (χ1v) is 8.72. The summed E-state index contributed by atoms with van der Waals surface area (Å²) in [4.78, 5) is 42.4. The van der Waals surface area contributed by atoms with Gasteiger partial charge in [-0.05, 0) is 50.5 Å². The molecule has 0 radical (unpaired) electrons. The molecule has 134 valence electrons. The molecule has 2 amide bonds. The Labute approximate surface area is 152 Å². The van der Waals surface area contributed by atoms with E-state index in [1.165, 1.54) is 19.2 Å². The highest BCUT2D eigenvalue weighted by molar-refractivity contribution is 6.05. The van der Waals surface area contributed by atoms with Crippen molar-refractivity contribution in [2.75, 3.05) is 18.4 Å². The number of ketones is 1. The predicted octanol–water partition coefficient (Wildman–Crippen LogP) is 3.16. The van der Waals surface area contributed by atoms with Crippen molar-refractivity contribution in [3.8, 4) is 0 Å². The predicted molar refractivity (Wildman–Crippen MR) is 98.4 cm³/mol. The van der Waals surface area contributed by atoms with E-state index >= 15 is 0 Å². The Bertz CT molecular complexity index is 842. The van der Waals surface area contributed by atoms with Crippen molar-refractivity contribution < 1.29 is 14.4 Å². The van der Waals surface area contributed by atoms with Crippen LogP contribution in [0, 0.1) is 0 Å². The highest BCUT2D eigenvalue weighted by atomic mass is 16.2. The molecule has 2 aromatic rings. The topological polar surface area (TPSA) is 79.4 Å². The third-order valence-electron chi connectivity index (χ3n) is 4.41. The van der Waals surface area contributed by atoms with Crippen LogP contribution < -0.4 is 5.32 Å². The summed E-state index contributed by atoms with van der Waals surface area (Å²) in [6, 6.07) is 9.85. The van der Waals surface area contributed by atoms with E-state index < -0.39 is 5.91 Å². The van der Waals surface area contributed by atoms with Crippen molar-refractivity contribution in [3.05, 3.63) is 59.4 Å². The molecule has 0 spiro atoms. The van der Waals surface area contributed by atoms with Gasteiger partial charge in [0.1, 0.15) is 5.69 Å². The van der Waals surface area contributed by atoms with Crippen LogP contribution in [0.15, 0.2) is 42.6 Å². The molecule has 0 saturated carbocycles. The molecule has 1 aromatic heterocycles. The Morgan fingerprint density at radius 2 is 1.77 bits per heavy atom. The van der Waals surface area contributed by atoms with Crippen molar-refractivity contribution in [3.63, 3.8) is 0 Å². The van der Waals surface area contributed by atoms with Gasteiger partial charge in [0.2, 0.25) is 0 Å². The van der Waals surface area contributed by atoms with Crippen LogP contribution in [0.3, 0.4) is 0 Å². The molecular weight excluding hydrogens is 330 g/mol. The number of nitrogens with one attached hydrogen (secondary N) is 1. The molecule has 26 heavy (non-hydrogen) atoms. The van der Waals surface area contributed by atoms with E-state index in [4.69, 9.17) is 0 Å². The van der Waals surface area contributed by atoms with Gasteiger partial charge in [-0.15, -0.1) is 0 Å². The molecule has 1 saturated heterocycles. The number of piperidine rings is 1. The zero-order valence-corrected chi connectivity index (χ0v) is 14.7. The smallest absolute Gasteiger partial charge is 0.274 e. The van der Waals surface area contributed by atoms with Crippen LogP contribution in [0.5, 0.6) is 0 Å². The zero-order valence-electron chi connectivity index (χ0n) is 14.7. The molecule has 0 aliphatic carbocycles. The number of carbonyl (C=O) groups is 3. The number of pyridine rings is 1. The fourth-order valence-corrected chi connectivity index (χ4v) is 2.98. The second-order valence-corrected chi connectivity index (χ2v) is 6.37. The molecule has 1 N–H and O–H groups in total. The number of amides is 2. The van der Waals surface area contributed by atoms with Crippen molar-refractivity contribution in [2.45, 2.75) is 26.2 Å². The number of hydrogen-bond donors (Lipinski definition) is 1. The monoisotopic (exact) mass is 351 g/mol. The number of benzene rings is 1. The van der Waals surface area contributed by atoms with Gasteiger partial charge in [0, 0.05) is 36.1 Å². The molecule has 6 heteroatoms. The van der Waals surface area contributed by atoms with E-state index in [9.17, 15) is 14.4 Å². The highest BCUT2D eigenvalue weighted by Crippen LogP contribution is 2.15. The maximum absolute atomic E-state index is 12.6. The molecule has 1 aliphatic rings. The highest BCUT2D eigenvalue weighted by Gasteiger charge is 2.19. The number of aromatic nitrogens is 1. The van der Waals surface area contributed by atoms with Crippen molar-refractivity contribution in [1.29, 1.82) is 0 Å². The molecule has 1 aliphatic heterocycles. The van der Waals surface area contributed by atoms with Crippen LogP contribution in [0.4, 0.5) is 5.69 Å². The van der Waals surface area contributed by atoms with Crippen LogP contribution in [0.25, 0.3) is 0 Å². The van der Waals surface area contributed by atoms with Crippen molar-refractivity contribution >= 4 is 23.3 Å². The van der Waals surface area contributed by atoms with Crippen molar-refractivity contribution in [1.82, 2.24) is 9.88 Å². The lowest BCUT2D eigenvalue weighted by molar-refractivity contribution is 0.0724. The van der Waals surface area contributed by atoms with Gasteiger partial charge in [0.05, 0.1) is 0 Å². The van der Waals surface area contributed by atoms with E-state index in [1.807, 2.05) is 4.90 Å². The molecule has 6 nitrogen and oxygen atoms in total. The second-order valence-electron chi connectivity index (χ2n) is 6.37. The Morgan fingerprint density at radius 3 is 2.50 bits per heavy atom. The second kappa shape index (κ2) is 7.91. The van der Waals surface area contributed by atoms with Gasteiger partial charge in [0.25, 0.3) is 11.8 Å². The number of likely N-dealkylation sites (tertiary alicyclic amines) is 1. The quantitative estimate of drug-likeness (QED) is 0.858. The fraction of sp³-hybridized carbons (Fsp3) is 0.300. The van der Waals surface area contributed by atoms with Crippen LogP contribution in [0.2, 0.25) is 0 Å². The van der Waals surface area contributed by atoms with Gasteiger partial charge < -0.3 is 10.2 Å². The number of Topliss-reactive ketones (excluding diaryl/α,β-unsaturated/α-hetero) is 1. The SMILES string of the molecule is CC(=O)c1cccc(NC(=O)c2cc(C(=O)N3CCCCC3)ccn2)c1. The summed E-state index contributed by atoms with van der Waals surface area (Å²) in [6.45, 7) is 2.97. The number of nitrogens with zero attached hydrogens (tertiary/aromatic N) is 2. The summed E-state index contributed by atoms with van der Waals surface area (Å²) in [7, 11) is 0. The molecule has 1 aromatic carbocycles. The minimum Gasteiger partial charge on any atom is -0.339 e. The Hall–Kier alpha value is -3.02. The van der Waals surface area contributed by atoms with Gasteiger partial charge in [0.15, 0.2) is 5.78 Å². The molecule has 0 bridgehead atoms. The average molecular weight is 351 g/mol. The molecule has 0 unspecified atom stereocenters. The summed E-state index contributed by atoms with van der Waals surface area (Å²) in [5.41, 5.74) is 1.66. The van der Waals surface area contributed by atoms with E-state index in [0.29, 0.717) is 16.8 Å². The minimum absolute atomic E-state index is 0.0697. The summed E-state index contributed by atoms with van der Waals surface area (Å²) < 4.78 is 0. The van der Waals surface area contributed by atoms with Gasteiger partial charge in [-0.25, -0.2) is 0 Å². The van der Waals surface area contributed by atoms with Crippen LogP contribution in [-0.2, 0) is 0 Å². The van der Waals surface area contributed by atoms with Gasteiger partial charge >= 0.3 is 0 Å². The Kier molecular flexibility index (Phi) is 5.41. The fourth-order valence-electron chi connectivity index (χ4n) is 2.98. The maximum Gasteiger partial charge on any atom is 0.274 e. The third kappa shape index (κ3) is 4.14. The number of anilines is 1. The van der Waals surface area contributed by atoms with Crippen LogP contribution in [0.1, 0.15) is 57.4 Å². The number of hydrogen-bond acceptors (Lipinski definition) is 4. The van der Waals surface area contributed by atoms with Gasteiger partial charge in [-0.3, -0.25) is 19.4 Å². The zero-order chi connectivity index (χ0) is 18.5. The Morgan fingerprint density at radius 1 is 1.00 bits per heavy atom. The average Bonchev–Trinajstić information content (AvgIpc) is 2.68. The summed E-state index contributed by atoms with van der Waals surface area (Å²) in [5.74, 6) is -0.563. The van der Waals surface area contributed by atoms with E-state index in [1.54, 1.807) is 30.3 Å². The number of rotatable bonds is 4. The lowest BCUT2D eigenvalue weighted by Gasteiger charge is -2.26. The lowest BCUT2D eigenvalue weighted by atomic mass is 10.1. The first kappa shape index (κ1) is 17.8. The first-order valence-electron chi connectivity index (χ1n) is 8.72. The molecule has 1 fully saturated rings. The maximum atomic E-state index is 12.6. The van der Waals surface area contributed by atoms with Crippen LogP contribution >= 0.6 is 0 Å². The Balaban J connectivity index is 1.75.